The smallest absolute Gasteiger partial charge is 0.369 e. The summed E-state index contributed by atoms with van der Waals surface area (Å²) in [7, 11) is 0. The molecule has 0 spiro atoms. The minimum absolute atomic E-state index is 0.567. The molecule has 1 fully saturated rings. The van der Waals surface area contributed by atoms with Gasteiger partial charge in [0.2, 0.25) is 0 Å². The molecule has 0 aliphatic carbocycles. The van der Waals surface area contributed by atoms with Crippen molar-refractivity contribution < 1.29 is 13.2 Å². The van der Waals surface area contributed by atoms with E-state index in [0.717, 1.165) is 30.5 Å². The molecule has 3 aromatic rings. The van der Waals surface area contributed by atoms with Crippen LogP contribution in [0.15, 0.2) is 54.6 Å². The molecule has 9 heteroatoms. The van der Waals surface area contributed by atoms with Crippen LogP contribution in [0, 0.1) is 11.7 Å². The Morgan fingerprint density at radius 2 is 1.68 bits per heavy atom. The molecular weight excluding hydrogens is 423 g/mol. The van der Waals surface area contributed by atoms with E-state index in [1.807, 2.05) is 39.3 Å². The molecule has 0 unspecified atom stereocenters. The van der Waals surface area contributed by atoms with Crippen LogP contribution in [-0.2, 0) is 19.4 Å². The summed E-state index contributed by atoms with van der Waals surface area (Å²) in [4.78, 5) is 4.21. The molecule has 0 bridgehead atoms. The number of hydrogen-bond donors (Lipinski definition) is 0. The Morgan fingerprint density at radius 1 is 0.968 bits per heavy atom. The van der Waals surface area contributed by atoms with Gasteiger partial charge in [0.25, 0.3) is 0 Å². The largest absolute Gasteiger partial charge is 0.416 e. The number of rotatable bonds is 5. The maximum atomic E-state index is 13.0. The lowest BCUT2D eigenvalue weighted by Gasteiger charge is -2.36. The Balaban J connectivity index is 1.40. The maximum absolute atomic E-state index is 13.0. The first-order chi connectivity index (χ1) is 14.8. The number of nitrogens with zero attached hydrogens (tertiary/aromatic N) is 5. The average Bonchev–Trinajstić information content (AvgIpc) is 3.02. The van der Waals surface area contributed by atoms with E-state index in [-0.39, 0.29) is 0 Å². The summed E-state index contributed by atoms with van der Waals surface area (Å²) in [6.45, 7) is 5.94. The van der Waals surface area contributed by atoms with Crippen molar-refractivity contribution in [2.45, 2.75) is 26.3 Å². The predicted octanol–water partition coefficient (Wildman–Crippen LogP) is 4.57. The van der Waals surface area contributed by atoms with Gasteiger partial charge in [-0.15, -0.1) is 0 Å². The molecule has 1 saturated heterocycles. The summed E-state index contributed by atoms with van der Waals surface area (Å²) in [5.74, 6) is 0.858. The molecule has 4 rings (SSSR count). The van der Waals surface area contributed by atoms with Crippen molar-refractivity contribution in [3.8, 4) is 0 Å². The van der Waals surface area contributed by atoms with Gasteiger partial charge in [0.05, 0.1) is 18.8 Å². The summed E-state index contributed by atoms with van der Waals surface area (Å²) >= 11 is 5.65. The quantitative estimate of drug-likeness (QED) is 0.536. The molecule has 1 aliphatic heterocycles. The van der Waals surface area contributed by atoms with E-state index in [9.17, 15) is 13.2 Å². The molecular formula is C22H24F3N5S. The number of aromatic nitrogens is 3. The van der Waals surface area contributed by atoms with Crippen LogP contribution in [0.2, 0.25) is 0 Å². The van der Waals surface area contributed by atoms with Gasteiger partial charge in [0.15, 0.2) is 4.77 Å². The van der Waals surface area contributed by atoms with Gasteiger partial charge < -0.3 is 4.90 Å². The average molecular weight is 448 g/mol. The van der Waals surface area contributed by atoms with Crippen LogP contribution in [0.4, 0.5) is 18.9 Å². The van der Waals surface area contributed by atoms with Gasteiger partial charge in [-0.05, 0) is 42.9 Å². The van der Waals surface area contributed by atoms with Crippen molar-refractivity contribution in [1.82, 2.24) is 19.2 Å². The van der Waals surface area contributed by atoms with Gasteiger partial charge in [-0.25, -0.2) is 4.68 Å². The van der Waals surface area contributed by atoms with Crippen LogP contribution in [0.1, 0.15) is 17.0 Å². The lowest BCUT2D eigenvalue weighted by molar-refractivity contribution is -0.137. The normalized spacial score (nSPS) is 15.4. The molecule has 5 nitrogen and oxygen atoms in total. The summed E-state index contributed by atoms with van der Waals surface area (Å²) < 4.78 is 43.5. The lowest BCUT2D eigenvalue weighted by Crippen LogP contribution is -2.47. The van der Waals surface area contributed by atoms with E-state index in [4.69, 9.17) is 12.2 Å². The summed E-state index contributed by atoms with van der Waals surface area (Å²) in [6, 6.07) is 15.6. The predicted molar refractivity (Wildman–Crippen MR) is 117 cm³/mol. The minimum Gasteiger partial charge on any atom is -0.369 e. The Kier molecular flexibility index (Phi) is 6.15. The van der Waals surface area contributed by atoms with E-state index in [1.54, 1.807) is 6.07 Å². The van der Waals surface area contributed by atoms with Crippen LogP contribution in [0.3, 0.4) is 0 Å². The molecule has 0 saturated carbocycles. The minimum atomic E-state index is -4.33. The Bertz CT molecular complexity index is 1080. The third-order valence-corrected chi connectivity index (χ3v) is 5.97. The topological polar surface area (TPSA) is 29.2 Å². The fourth-order valence-electron chi connectivity index (χ4n) is 3.81. The molecule has 2 aromatic carbocycles. The number of halogens is 3. The molecule has 0 amide bonds. The highest BCUT2D eigenvalue weighted by molar-refractivity contribution is 7.71. The fourth-order valence-corrected chi connectivity index (χ4v) is 4.10. The SMILES string of the molecule is Cc1nn(CN2CCN(c3cccc(C(F)(F)F)c3)CC2)c(=S)n1Cc1ccccc1. The zero-order chi connectivity index (χ0) is 22.0. The van der Waals surface area contributed by atoms with Crippen molar-refractivity contribution in [3.63, 3.8) is 0 Å². The van der Waals surface area contributed by atoms with E-state index < -0.39 is 11.7 Å². The van der Waals surface area contributed by atoms with Gasteiger partial charge in [-0.2, -0.15) is 18.3 Å². The van der Waals surface area contributed by atoms with Crippen LogP contribution >= 0.6 is 12.2 Å². The molecule has 0 radical (unpaired) electrons. The maximum Gasteiger partial charge on any atom is 0.416 e. The molecule has 2 heterocycles. The number of alkyl halides is 3. The van der Waals surface area contributed by atoms with Crippen LogP contribution in [0.5, 0.6) is 0 Å². The zero-order valence-corrected chi connectivity index (χ0v) is 18.0. The van der Waals surface area contributed by atoms with Crippen molar-refractivity contribution in [2.75, 3.05) is 31.1 Å². The highest BCUT2D eigenvalue weighted by atomic mass is 32.1. The van der Waals surface area contributed by atoms with Crippen molar-refractivity contribution in [1.29, 1.82) is 0 Å². The first-order valence-corrected chi connectivity index (χ1v) is 10.5. The molecule has 1 aromatic heterocycles. The Hall–Kier alpha value is -2.65. The number of hydrogen-bond acceptors (Lipinski definition) is 4. The van der Waals surface area contributed by atoms with Gasteiger partial charge in [0.1, 0.15) is 5.82 Å². The number of benzene rings is 2. The Labute approximate surface area is 184 Å². The number of aryl methyl sites for hydroxylation is 1. The van der Waals surface area contributed by atoms with Gasteiger partial charge in [0, 0.05) is 31.9 Å². The van der Waals surface area contributed by atoms with Gasteiger partial charge in [-0.1, -0.05) is 36.4 Å². The van der Waals surface area contributed by atoms with Crippen molar-refractivity contribution in [2.24, 2.45) is 0 Å². The van der Waals surface area contributed by atoms with Gasteiger partial charge in [-0.3, -0.25) is 9.47 Å². The highest BCUT2D eigenvalue weighted by Crippen LogP contribution is 2.31. The summed E-state index contributed by atoms with van der Waals surface area (Å²) in [5.41, 5.74) is 1.16. The number of anilines is 1. The van der Waals surface area contributed by atoms with Crippen molar-refractivity contribution >= 4 is 17.9 Å². The standard InChI is InChI=1S/C22H24F3N5S/c1-17-26-30(21(31)29(17)15-18-6-3-2-4-7-18)16-27-10-12-28(13-11-27)20-9-5-8-19(14-20)22(23,24)25/h2-9,14H,10-13,15-16H2,1H3. The third-order valence-electron chi connectivity index (χ3n) is 5.54. The first kappa shape index (κ1) is 21.6. The second kappa shape index (κ2) is 8.84. The van der Waals surface area contributed by atoms with Crippen LogP contribution in [-0.4, -0.2) is 45.4 Å². The van der Waals surface area contributed by atoms with E-state index in [2.05, 4.69) is 22.1 Å². The van der Waals surface area contributed by atoms with E-state index in [0.29, 0.717) is 36.8 Å². The highest BCUT2D eigenvalue weighted by Gasteiger charge is 2.31. The van der Waals surface area contributed by atoms with E-state index >= 15 is 0 Å². The summed E-state index contributed by atoms with van der Waals surface area (Å²) in [5, 5.41) is 4.61. The lowest BCUT2D eigenvalue weighted by atomic mass is 10.1. The zero-order valence-electron chi connectivity index (χ0n) is 17.2. The first-order valence-electron chi connectivity index (χ1n) is 10.1. The third kappa shape index (κ3) is 4.99. The van der Waals surface area contributed by atoms with E-state index in [1.165, 1.54) is 12.1 Å². The molecule has 31 heavy (non-hydrogen) atoms. The second-order valence-corrected chi connectivity index (χ2v) is 8.06. The molecule has 1 aliphatic rings. The molecule has 0 N–H and O–H groups in total. The summed E-state index contributed by atoms with van der Waals surface area (Å²) in [6.07, 6.45) is -4.33. The molecule has 0 atom stereocenters. The van der Waals surface area contributed by atoms with Crippen LogP contribution in [0.25, 0.3) is 0 Å². The van der Waals surface area contributed by atoms with Crippen LogP contribution < -0.4 is 4.90 Å². The monoisotopic (exact) mass is 447 g/mol. The number of piperazine rings is 1. The fraction of sp³-hybridized carbons (Fsp3) is 0.364. The van der Waals surface area contributed by atoms with Crippen molar-refractivity contribution in [3.05, 3.63) is 76.3 Å². The van der Waals surface area contributed by atoms with Gasteiger partial charge >= 0.3 is 6.18 Å². The second-order valence-electron chi connectivity index (χ2n) is 7.70. The molecule has 164 valence electrons. The Morgan fingerprint density at radius 3 is 2.35 bits per heavy atom.